The molecule has 0 spiro atoms. The zero-order chi connectivity index (χ0) is 12.9. The Bertz CT molecular complexity index is 498. The third kappa shape index (κ3) is 3.18. The van der Waals surface area contributed by atoms with Gasteiger partial charge in [0.25, 0.3) is 0 Å². The molecule has 0 unspecified atom stereocenters. The van der Waals surface area contributed by atoms with Gasteiger partial charge in [0.05, 0.1) is 0 Å². The Hall–Kier alpha value is -1.74. The predicted octanol–water partition coefficient (Wildman–Crippen LogP) is 2.86. The SMILES string of the molecule is c1ccc([C@H]2CCCN(Cc3ccncc3)C2)nc1. The lowest BCUT2D eigenvalue weighted by atomic mass is 9.94. The number of pyridine rings is 2. The second-order valence-electron chi connectivity index (χ2n) is 5.18. The second kappa shape index (κ2) is 5.93. The number of hydrogen-bond donors (Lipinski definition) is 0. The van der Waals surface area contributed by atoms with E-state index in [-0.39, 0.29) is 0 Å². The zero-order valence-electron chi connectivity index (χ0n) is 11.1. The quantitative estimate of drug-likeness (QED) is 0.842. The Kier molecular flexibility index (Phi) is 3.84. The predicted molar refractivity (Wildman–Crippen MR) is 75.7 cm³/mol. The number of nitrogens with zero attached hydrogens (tertiary/aromatic N) is 3. The number of aromatic nitrogens is 2. The highest BCUT2D eigenvalue weighted by Crippen LogP contribution is 2.26. The van der Waals surface area contributed by atoms with Crippen molar-refractivity contribution in [3.8, 4) is 0 Å². The molecule has 3 heterocycles. The lowest BCUT2D eigenvalue weighted by Crippen LogP contribution is -2.34. The van der Waals surface area contributed by atoms with Gasteiger partial charge >= 0.3 is 0 Å². The highest BCUT2D eigenvalue weighted by atomic mass is 15.1. The minimum absolute atomic E-state index is 0.580. The van der Waals surface area contributed by atoms with Gasteiger partial charge in [0, 0.05) is 43.3 Å². The molecule has 3 nitrogen and oxygen atoms in total. The van der Waals surface area contributed by atoms with Gasteiger partial charge in [0.1, 0.15) is 0 Å². The Balaban J connectivity index is 1.65. The molecule has 1 aliphatic rings. The van der Waals surface area contributed by atoms with Crippen molar-refractivity contribution in [1.29, 1.82) is 0 Å². The standard InChI is InChI=1S/C16H19N3/c1-2-8-18-16(5-1)15-4-3-11-19(13-15)12-14-6-9-17-10-7-14/h1-2,5-10,15H,3-4,11-13H2/t15-/m0/s1. The summed E-state index contributed by atoms with van der Waals surface area (Å²) in [5.41, 5.74) is 2.58. The Morgan fingerprint density at radius 2 is 2.00 bits per heavy atom. The number of rotatable bonds is 3. The van der Waals surface area contributed by atoms with Crippen molar-refractivity contribution in [3.05, 3.63) is 60.2 Å². The summed E-state index contributed by atoms with van der Waals surface area (Å²) in [5, 5.41) is 0. The fraction of sp³-hybridized carbons (Fsp3) is 0.375. The van der Waals surface area contributed by atoms with Crippen molar-refractivity contribution in [2.75, 3.05) is 13.1 Å². The van der Waals surface area contributed by atoms with Crippen LogP contribution in [0.2, 0.25) is 0 Å². The lowest BCUT2D eigenvalue weighted by Gasteiger charge is -2.32. The van der Waals surface area contributed by atoms with E-state index >= 15 is 0 Å². The van der Waals surface area contributed by atoms with Crippen molar-refractivity contribution >= 4 is 0 Å². The molecule has 0 amide bonds. The summed E-state index contributed by atoms with van der Waals surface area (Å²) in [6, 6.07) is 10.4. The fourth-order valence-electron chi connectivity index (χ4n) is 2.80. The van der Waals surface area contributed by atoms with Gasteiger partial charge in [-0.1, -0.05) is 6.07 Å². The molecule has 2 aromatic rings. The van der Waals surface area contributed by atoms with Crippen LogP contribution in [0.25, 0.3) is 0 Å². The van der Waals surface area contributed by atoms with E-state index in [1.54, 1.807) is 0 Å². The maximum absolute atomic E-state index is 4.51. The van der Waals surface area contributed by atoms with Gasteiger partial charge in [-0.05, 0) is 49.2 Å². The maximum atomic E-state index is 4.51. The van der Waals surface area contributed by atoms with Gasteiger partial charge in [-0.3, -0.25) is 14.9 Å². The first kappa shape index (κ1) is 12.3. The van der Waals surface area contributed by atoms with Gasteiger partial charge in [0.2, 0.25) is 0 Å². The number of piperidine rings is 1. The first-order valence-corrected chi connectivity index (χ1v) is 6.94. The average Bonchev–Trinajstić information content (AvgIpc) is 2.49. The normalized spacial score (nSPS) is 20.3. The molecular formula is C16H19N3. The van der Waals surface area contributed by atoms with E-state index < -0.39 is 0 Å². The largest absolute Gasteiger partial charge is 0.298 e. The summed E-state index contributed by atoms with van der Waals surface area (Å²) in [6.07, 6.45) is 8.15. The number of hydrogen-bond acceptors (Lipinski definition) is 3. The van der Waals surface area contributed by atoms with Crippen LogP contribution in [0, 0.1) is 0 Å². The molecule has 3 heteroatoms. The highest BCUT2D eigenvalue weighted by Gasteiger charge is 2.21. The molecule has 0 aromatic carbocycles. The summed E-state index contributed by atoms with van der Waals surface area (Å²) in [5.74, 6) is 0.580. The Morgan fingerprint density at radius 3 is 2.79 bits per heavy atom. The van der Waals surface area contributed by atoms with Crippen LogP contribution < -0.4 is 0 Å². The average molecular weight is 253 g/mol. The monoisotopic (exact) mass is 253 g/mol. The zero-order valence-corrected chi connectivity index (χ0v) is 11.1. The van der Waals surface area contributed by atoms with Gasteiger partial charge < -0.3 is 0 Å². The molecule has 0 bridgehead atoms. The molecule has 3 rings (SSSR count). The molecule has 1 aliphatic heterocycles. The minimum Gasteiger partial charge on any atom is -0.298 e. The first-order chi connectivity index (χ1) is 9.42. The third-order valence-corrected chi connectivity index (χ3v) is 3.77. The van der Waals surface area contributed by atoms with Crippen molar-refractivity contribution in [2.24, 2.45) is 0 Å². The van der Waals surface area contributed by atoms with E-state index in [1.807, 2.05) is 24.7 Å². The third-order valence-electron chi connectivity index (χ3n) is 3.77. The molecule has 1 saturated heterocycles. The summed E-state index contributed by atoms with van der Waals surface area (Å²) >= 11 is 0. The number of likely N-dealkylation sites (tertiary alicyclic amines) is 1. The van der Waals surface area contributed by atoms with Crippen molar-refractivity contribution < 1.29 is 0 Å². The highest BCUT2D eigenvalue weighted by molar-refractivity contribution is 5.13. The minimum atomic E-state index is 0.580. The summed E-state index contributed by atoms with van der Waals surface area (Å²) < 4.78 is 0. The van der Waals surface area contributed by atoms with Gasteiger partial charge in [-0.25, -0.2) is 0 Å². The molecule has 0 aliphatic carbocycles. The second-order valence-corrected chi connectivity index (χ2v) is 5.18. The van der Waals surface area contributed by atoms with Crippen molar-refractivity contribution in [2.45, 2.75) is 25.3 Å². The molecule has 19 heavy (non-hydrogen) atoms. The molecule has 0 N–H and O–H groups in total. The topological polar surface area (TPSA) is 29.0 Å². The van der Waals surface area contributed by atoms with Gasteiger partial charge in [-0.15, -0.1) is 0 Å². The van der Waals surface area contributed by atoms with E-state index in [2.05, 4.69) is 39.1 Å². The Morgan fingerprint density at radius 1 is 1.11 bits per heavy atom. The van der Waals surface area contributed by atoms with Crippen LogP contribution in [0.3, 0.4) is 0 Å². The summed E-state index contributed by atoms with van der Waals surface area (Å²) in [4.78, 5) is 11.1. The van der Waals surface area contributed by atoms with Gasteiger partial charge in [-0.2, -0.15) is 0 Å². The van der Waals surface area contributed by atoms with Crippen LogP contribution >= 0.6 is 0 Å². The molecule has 0 radical (unpaired) electrons. The van der Waals surface area contributed by atoms with Gasteiger partial charge in [0.15, 0.2) is 0 Å². The lowest BCUT2D eigenvalue weighted by molar-refractivity contribution is 0.198. The Labute approximate surface area is 114 Å². The smallest absolute Gasteiger partial charge is 0.0447 e. The van der Waals surface area contributed by atoms with Crippen LogP contribution in [0.4, 0.5) is 0 Å². The van der Waals surface area contributed by atoms with E-state index in [1.165, 1.54) is 30.6 Å². The molecule has 1 atom stereocenters. The fourth-order valence-corrected chi connectivity index (χ4v) is 2.80. The van der Waals surface area contributed by atoms with Crippen LogP contribution in [-0.4, -0.2) is 28.0 Å². The van der Waals surface area contributed by atoms with Crippen LogP contribution in [0.15, 0.2) is 48.9 Å². The molecular weight excluding hydrogens is 234 g/mol. The summed E-state index contributed by atoms with van der Waals surface area (Å²) in [7, 11) is 0. The van der Waals surface area contributed by atoms with Crippen LogP contribution in [0.1, 0.15) is 30.0 Å². The first-order valence-electron chi connectivity index (χ1n) is 6.94. The van der Waals surface area contributed by atoms with E-state index in [4.69, 9.17) is 0 Å². The van der Waals surface area contributed by atoms with Crippen LogP contribution in [-0.2, 0) is 6.54 Å². The molecule has 1 fully saturated rings. The van der Waals surface area contributed by atoms with Crippen LogP contribution in [0.5, 0.6) is 0 Å². The van der Waals surface area contributed by atoms with E-state index in [9.17, 15) is 0 Å². The van der Waals surface area contributed by atoms with Crippen molar-refractivity contribution in [1.82, 2.24) is 14.9 Å². The van der Waals surface area contributed by atoms with E-state index in [0.29, 0.717) is 5.92 Å². The summed E-state index contributed by atoms with van der Waals surface area (Å²) in [6.45, 7) is 3.32. The molecule has 98 valence electrons. The van der Waals surface area contributed by atoms with Crippen molar-refractivity contribution in [3.63, 3.8) is 0 Å². The molecule has 0 saturated carbocycles. The maximum Gasteiger partial charge on any atom is 0.0447 e. The van der Waals surface area contributed by atoms with E-state index in [0.717, 1.165) is 13.1 Å². The molecule has 2 aromatic heterocycles.